The number of hydrogen-bond acceptors (Lipinski definition) is 6. The van der Waals surface area contributed by atoms with E-state index in [1.807, 2.05) is 6.92 Å². The van der Waals surface area contributed by atoms with E-state index in [0.29, 0.717) is 22.7 Å². The number of aryl methyl sites for hydroxylation is 1. The molecule has 0 saturated heterocycles. The maximum atomic E-state index is 12.1. The van der Waals surface area contributed by atoms with Gasteiger partial charge in [0.05, 0.1) is 10.6 Å². The Morgan fingerprint density at radius 3 is 2.76 bits per heavy atom. The maximum Gasteiger partial charge on any atom is 0.269 e. The van der Waals surface area contributed by atoms with E-state index in [0.717, 1.165) is 11.5 Å². The number of aromatic nitrogens is 2. The zero-order chi connectivity index (χ0) is 15.6. The zero-order valence-electron chi connectivity index (χ0n) is 10.8. The van der Waals surface area contributed by atoms with Crippen molar-refractivity contribution in [3.63, 3.8) is 0 Å². The molecule has 3 N–H and O–H groups in total. The number of anilines is 1. The van der Waals surface area contributed by atoms with E-state index in [1.165, 1.54) is 18.2 Å². The molecule has 0 unspecified atom stereocenters. The molecule has 112 valence electrons. The molecule has 7 nitrogen and oxygen atoms in total. The Bertz CT molecular complexity index is 789. The van der Waals surface area contributed by atoms with Crippen molar-refractivity contribution in [1.29, 1.82) is 0 Å². The number of nitrogens with two attached hydrogens (primary N) is 1. The summed E-state index contributed by atoms with van der Waals surface area (Å²) < 4.78 is 26.6. The Morgan fingerprint density at radius 2 is 2.19 bits per heavy atom. The highest BCUT2D eigenvalue weighted by atomic mass is 79.9. The van der Waals surface area contributed by atoms with Crippen LogP contribution in [0, 0.1) is 0 Å². The van der Waals surface area contributed by atoms with Gasteiger partial charge in [0, 0.05) is 10.2 Å². The second kappa shape index (κ2) is 6.18. The molecule has 10 heteroatoms. The molecule has 1 heterocycles. The van der Waals surface area contributed by atoms with E-state index in [4.69, 9.17) is 5.14 Å². The third-order valence-electron chi connectivity index (χ3n) is 2.59. The van der Waals surface area contributed by atoms with E-state index < -0.39 is 10.0 Å². The number of amides is 1. The first-order chi connectivity index (χ1) is 9.82. The summed E-state index contributed by atoms with van der Waals surface area (Å²) in [5, 5.41) is 11.6. The highest BCUT2D eigenvalue weighted by molar-refractivity contribution is 9.10. The quantitative estimate of drug-likeness (QED) is 0.824. The number of sulfonamides is 1. The number of hydrogen-bond donors (Lipinski definition) is 2. The molecule has 1 aromatic heterocycles. The van der Waals surface area contributed by atoms with Gasteiger partial charge in [0.1, 0.15) is 4.88 Å². The second-order valence-electron chi connectivity index (χ2n) is 4.05. The first-order valence-corrected chi connectivity index (χ1v) is 8.89. The molecular weight excluding hydrogens is 380 g/mol. The van der Waals surface area contributed by atoms with Gasteiger partial charge in [-0.3, -0.25) is 4.79 Å². The molecule has 1 aromatic carbocycles. The standard InChI is InChI=1S/C11H11BrN4O3S2/c1-2-8-10(20-16-15-8)11(17)14-6-3-4-9(7(12)5-6)21(13,18)19/h3-5H,2H2,1H3,(H,14,17)(H2,13,18,19). The molecule has 0 radical (unpaired) electrons. The summed E-state index contributed by atoms with van der Waals surface area (Å²) in [5.74, 6) is -0.336. The van der Waals surface area contributed by atoms with Crippen LogP contribution in [0.5, 0.6) is 0 Å². The highest BCUT2D eigenvalue weighted by Gasteiger charge is 2.17. The second-order valence-corrected chi connectivity index (χ2v) is 7.18. The number of nitrogens with zero attached hydrogens (tertiary/aromatic N) is 2. The van der Waals surface area contributed by atoms with Crippen LogP contribution in [0.15, 0.2) is 27.6 Å². The van der Waals surface area contributed by atoms with Gasteiger partial charge >= 0.3 is 0 Å². The first-order valence-electron chi connectivity index (χ1n) is 5.78. The van der Waals surface area contributed by atoms with Crippen LogP contribution in [0.25, 0.3) is 0 Å². The summed E-state index contributed by atoms with van der Waals surface area (Å²) in [6.45, 7) is 1.88. The normalized spacial score (nSPS) is 11.4. The minimum atomic E-state index is -3.81. The minimum Gasteiger partial charge on any atom is -0.321 e. The fraction of sp³-hybridized carbons (Fsp3) is 0.182. The van der Waals surface area contributed by atoms with Crippen molar-refractivity contribution in [2.45, 2.75) is 18.2 Å². The van der Waals surface area contributed by atoms with Crippen LogP contribution in [0.1, 0.15) is 22.3 Å². The predicted octanol–water partition coefficient (Wildman–Crippen LogP) is 1.76. The number of benzene rings is 1. The molecule has 0 bridgehead atoms. The predicted molar refractivity (Wildman–Crippen MR) is 82.8 cm³/mol. The van der Waals surface area contributed by atoms with Gasteiger partial charge in [0.15, 0.2) is 0 Å². The molecule has 0 saturated carbocycles. The molecule has 0 aliphatic carbocycles. The Labute approximate surface area is 133 Å². The summed E-state index contributed by atoms with van der Waals surface area (Å²) in [4.78, 5) is 12.5. The van der Waals surface area contributed by atoms with E-state index in [-0.39, 0.29) is 15.3 Å². The average Bonchev–Trinajstić information content (AvgIpc) is 2.85. The lowest BCUT2D eigenvalue weighted by molar-refractivity contribution is 0.102. The molecule has 0 aliphatic heterocycles. The van der Waals surface area contributed by atoms with E-state index in [2.05, 4.69) is 30.8 Å². The van der Waals surface area contributed by atoms with Gasteiger partial charge in [-0.05, 0) is 52.1 Å². The molecule has 2 rings (SSSR count). The number of halogens is 1. The molecule has 0 fully saturated rings. The summed E-state index contributed by atoms with van der Waals surface area (Å²) in [5.41, 5.74) is 1.06. The summed E-state index contributed by atoms with van der Waals surface area (Å²) >= 11 is 4.13. The molecule has 21 heavy (non-hydrogen) atoms. The van der Waals surface area contributed by atoms with Crippen molar-refractivity contribution in [1.82, 2.24) is 9.59 Å². The monoisotopic (exact) mass is 390 g/mol. The van der Waals surface area contributed by atoms with Crippen LogP contribution in [-0.2, 0) is 16.4 Å². The van der Waals surface area contributed by atoms with Crippen molar-refractivity contribution in [3.8, 4) is 0 Å². The van der Waals surface area contributed by atoms with Crippen LogP contribution in [0.3, 0.4) is 0 Å². The molecule has 2 aromatic rings. The average molecular weight is 391 g/mol. The molecule has 0 spiro atoms. The van der Waals surface area contributed by atoms with Gasteiger partial charge in [0.25, 0.3) is 5.91 Å². The lowest BCUT2D eigenvalue weighted by Crippen LogP contribution is -2.14. The maximum absolute atomic E-state index is 12.1. The van der Waals surface area contributed by atoms with Gasteiger partial charge in [0.2, 0.25) is 10.0 Å². The number of nitrogens with one attached hydrogen (secondary N) is 1. The van der Waals surface area contributed by atoms with Crippen molar-refractivity contribution < 1.29 is 13.2 Å². The Hall–Kier alpha value is -1.36. The van der Waals surface area contributed by atoms with Gasteiger partial charge in [-0.2, -0.15) is 0 Å². The Kier molecular flexibility index (Phi) is 4.71. The number of carbonyl (C=O) groups excluding carboxylic acids is 1. The van der Waals surface area contributed by atoms with Crippen LogP contribution in [0.4, 0.5) is 5.69 Å². The molecule has 1 amide bonds. The van der Waals surface area contributed by atoms with Crippen molar-refractivity contribution in [3.05, 3.63) is 33.2 Å². The molecular formula is C11H11BrN4O3S2. The fourth-order valence-electron chi connectivity index (χ4n) is 1.61. The third-order valence-corrected chi connectivity index (χ3v) is 5.25. The SMILES string of the molecule is CCc1nnsc1C(=O)Nc1ccc(S(N)(=O)=O)c(Br)c1. The Morgan fingerprint density at radius 1 is 1.48 bits per heavy atom. The van der Waals surface area contributed by atoms with Crippen LogP contribution in [-0.4, -0.2) is 23.9 Å². The van der Waals surface area contributed by atoms with Crippen molar-refractivity contribution in [2.75, 3.05) is 5.32 Å². The van der Waals surface area contributed by atoms with Gasteiger partial charge < -0.3 is 5.32 Å². The van der Waals surface area contributed by atoms with Crippen molar-refractivity contribution >= 4 is 49.1 Å². The van der Waals surface area contributed by atoms with Crippen LogP contribution in [0.2, 0.25) is 0 Å². The van der Waals surface area contributed by atoms with E-state index >= 15 is 0 Å². The summed E-state index contributed by atoms with van der Waals surface area (Å²) in [6, 6.07) is 4.25. The Balaban J connectivity index is 2.25. The van der Waals surface area contributed by atoms with Crippen LogP contribution < -0.4 is 10.5 Å². The van der Waals surface area contributed by atoms with Crippen LogP contribution >= 0.6 is 27.5 Å². The largest absolute Gasteiger partial charge is 0.321 e. The third kappa shape index (κ3) is 3.64. The van der Waals surface area contributed by atoms with Gasteiger partial charge in [-0.15, -0.1) is 5.10 Å². The molecule has 0 atom stereocenters. The smallest absolute Gasteiger partial charge is 0.269 e. The number of carbonyl (C=O) groups is 1. The van der Waals surface area contributed by atoms with Crippen molar-refractivity contribution in [2.24, 2.45) is 5.14 Å². The lowest BCUT2D eigenvalue weighted by Gasteiger charge is -2.07. The number of primary sulfonamides is 1. The highest BCUT2D eigenvalue weighted by Crippen LogP contribution is 2.25. The zero-order valence-corrected chi connectivity index (χ0v) is 14.0. The summed E-state index contributed by atoms with van der Waals surface area (Å²) in [7, 11) is -3.81. The summed E-state index contributed by atoms with van der Waals surface area (Å²) in [6.07, 6.45) is 0.604. The van der Waals surface area contributed by atoms with Gasteiger partial charge in [-0.1, -0.05) is 11.4 Å². The lowest BCUT2D eigenvalue weighted by atomic mass is 10.2. The molecule has 0 aliphatic rings. The number of rotatable bonds is 4. The minimum absolute atomic E-state index is 0.0470. The van der Waals surface area contributed by atoms with Gasteiger partial charge in [-0.25, -0.2) is 13.6 Å². The van der Waals surface area contributed by atoms with E-state index in [9.17, 15) is 13.2 Å². The first kappa shape index (κ1) is 16.0. The van der Waals surface area contributed by atoms with E-state index in [1.54, 1.807) is 0 Å². The fourth-order valence-corrected chi connectivity index (χ4v) is 3.90. The topological polar surface area (TPSA) is 115 Å².